The fourth-order valence-electron chi connectivity index (χ4n) is 1.64. The van der Waals surface area contributed by atoms with Crippen LogP contribution >= 0.6 is 0 Å². The summed E-state index contributed by atoms with van der Waals surface area (Å²) in [6, 6.07) is 9.20. The molecule has 1 N–H and O–H groups in total. The first-order valence-electron chi connectivity index (χ1n) is 6.06. The van der Waals surface area contributed by atoms with Crippen LogP contribution in [0.15, 0.2) is 24.3 Å². The summed E-state index contributed by atoms with van der Waals surface area (Å²) in [7, 11) is 4.28. The molecule has 1 aromatic carbocycles. The van der Waals surface area contributed by atoms with Gasteiger partial charge in [0.25, 0.3) is 0 Å². The Morgan fingerprint density at radius 3 is 2.69 bits per heavy atom. The van der Waals surface area contributed by atoms with Crippen molar-refractivity contribution in [1.82, 2.24) is 4.90 Å². The van der Waals surface area contributed by atoms with Crippen LogP contribution in [0.2, 0.25) is 0 Å². The predicted molar refractivity (Wildman–Crippen MR) is 72.1 cm³/mol. The van der Waals surface area contributed by atoms with Gasteiger partial charge in [-0.3, -0.25) is 0 Å². The Bertz CT molecular complexity index is 307. The summed E-state index contributed by atoms with van der Waals surface area (Å²) < 4.78 is 0. The number of hydrogen-bond acceptors (Lipinski definition) is 2. The van der Waals surface area contributed by atoms with Crippen molar-refractivity contribution in [2.45, 2.75) is 32.7 Å². The molecule has 0 aromatic heterocycles. The van der Waals surface area contributed by atoms with Gasteiger partial charge in [0.1, 0.15) is 0 Å². The Morgan fingerprint density at radius 2 is 2.06 bits per heavy atom. The molecule has 0 fully saturated rings. The third-order valence-electron chi connectivity index (χ3n) is 3.03. The molecule has 1 rings (SSSR count). The summed E-state index contributed by atoms with van der Waals surface area (Å²) in [5, 5.41) is 3.46. The first-order valence-corrected chi connectivity index (χ1v) is 6.06. The standard InChI is InChI=1S/C14H24N2/c1-12-7-5-9-14(11-12)15-10-6-8-13(2)16(3)4/h5,7,9,11,13,15H,6,8,10H2,1-4H3. The molecule has 0 aliphatic carbocycles. The highest BCUT2D eigenvalue weighted by Crippen LogP contribution is 2.10. The first kappa shape index (κ1) is 13.0. The lowest BCUT2D eigenvalue weighted by Gasteiger charge is -2.19. The molecule has 0 spiro atoms. The van der Waals surface area contributed by atoms with Gasteiger partial charge in [-0.15, -0.1) is 0 Å². The molecule has 0 amide bonds. The molecule has 0 bridgehead atoms. The van der Waals surface area contributed by atoms with Gasteiger partial charge in [0.15, 0.2) is 0 Å². The van der Waals surface area contributed by atoms with E-state index in [1.54, 1.807) is 0 Å². The quantitative estimate of drug-likeness (QED) is 0.741. The first-order chi connectivity index (χ1) is 7.59. The van der Waals surface area contributed by atoms with Crippen LogP contribution in [0.3, 0.4) is 0 Å². The van der Waals surface area contributed by atoms with Crippen LogP contribution in [0.5, 0.6) is 0 Å². The molecule has 1 unspecified atom stereocenters. The third-order valence-corrected chi connectivity index (χ3v) is 3.03. The van der Waals surface area contributed by atoms with Crippen LogP contribution in [-0.4, -0.2) is 31.6 Å². The smallest absolute Gasteiger partial charge is 0.0342 e. The summed E-state index contributed by atoms with van der Waals surface area (Å²) in [5.41, 5.74) is 2.55. The minimum Gasteiger partial charge on any atom is -0.385 e. The van der Waals surface area contributed by atoms with E-state index in [9.17, 15) is 0 Å². The van der Waals surface area contributed by atoms with E-state index in [-0.39, 0.29) is 0 Å². The second-order valence-electron chi connectivity index (χ2n) is 4.75. The van der Waals surface area contributed by atoms with Gasteiger partial charge in [0.2, 0.25) is 0 Å². The zero-order valence-electron chi connectivity index (χ0n) is 11.0. The lowest BCUT2D eigenvalue weighted by Crippen LogP contribution is -2.25. The molecule has 0 heterocycles. The van der Waals surface area contributed by atoms with Gasteiger partial charge in [-0.25, -0.2) is 0 Å². The monoisotopic (exact) mass is 220 g/mol. The molecule has 2 nitrogen and oxygen atoms in total. The molecule has 0 aliphatic rings. The number of aryl methyl sites for hydroxylation is 1. The van der Waals surface area contributed by atoms with E-state index in [2.05, 4.69) is 62.4 Å². The van der Waals surface area contributed by atoms with Crippen LogP contribution in [0.4, 0.5) is 5.69 Å². The van der Waals surface area contributed by atoms with Crippen LogP contribution < -0.4 is 5.32 Å². The fourth-order valence-corrected chi connectivity index (χ4v) is 1.64. The fraction of sp³-hybridized carbons (Fsp3) is 0.571. The molecule has 16 heavy (non-hydrogen) atoms. The van der Waals surface area contributed by atoms with E-state index in [0.29, 0.717) is 6.04 Å². The van der Waals surface area contributed by atoms with Gasteiger partial charge in [-0.1, -0.05) is 12.1 Å². The van der Waals surface area contributed by atoms with Crippen molar-refractivity contribution in [1.29, 1.82) is 0 Å². The van der Waals surface area contributed by atoms with Crippen LogP contribution in [0, 0.1) is 6.92 Å². The van der Waals surface area contributed by atoms with Crippen LogP contribution in [-0.2, 0) is 0 Å². The average molecular weight is 220 g/mol. The molecule has 1 atom stereocenters. The van der Waals surface area contributed by atoms with E-state index in [1.165, 1.54) is 24.1 Å². The maximum atomic E-state index is 3.46. The summed E-state index contributed by atoms with van der Waals surface area (Å²) in [5.74, 6) is 0. The topological polar surface area (TPSA) is 15.3 Å². The highest BCUT2D eigenvalue weighted by molar-refractivity contribution is 5.45. The van der Waals surface area contributed by atoms with Gasteiger partial charge in [0.05, 0.1) is 0 Å². The number of nitrogens with zero attached hydrogens (tertiary/aromatic N) is 1. The second kappa shape index (κ2) is 6.54. The van der Waals surface area contributed by atoms with Crippen molar-refractivity contribution in [3.8, 4) is 0 Å². The van der Waals surface area contributed by atoms with Gasteiger partial charge >= 0.3 is 0 Å². The van der Waals surface area contributed by atoms with Crippen molar-refractivity contribution in [3.63, 3.8) is 0 Å². The van der Waals surface area contributed by atoms with E-state index in [1.807, 2.05) is 0 Å². The molecule has 0 radical (unpaired) electrons. The van der Waals surface area contributed by atoms with Crippen molar-refractivity contribution < 1.29 is 0 Å². The van der Waals surface area contributed by atoms with Gasteiger partial charge in [-0.2, -0.15) is 0 Å². The zero-order chi connectivity index (χ0) is 12.0. The lowest BCUT2D eigenvalue weighted by molar-refractivity contribution is 0.296. The molecule has 0 aliphatic heterocycles. The van der Waals surface area contributed by atoms with E-state index >= 15 is 0 Å². The molecular formula is C14H24N2. The molecule has 2 heteroatoms. The molecular weight excluding hydrogens is 196 g/mol. The largest absolute Gasteiger partial charge is 0.385 e. The maximum Gasteiger partial charge on any atom is 0.0342 e. The number of nitrogens with one attached hydrogen (secondary N) is 1. The Balaban J connectivity index is 2.21. The molecule has 1 aromatic rings. The predicted octanol–water partition coefficient (Wildman–Crippen LogP) is 3.14. The Hall–Kier alpha value is -1.02. The highest BCUT2D eigenvalue weighted by Gasteiger charge is 2.02. The number of rotatable bonds is 6. The Morgan fingerprint density at radius 1 is 1.31 bits per heavy atom. The lowest BCUT2D eigenvalue weighted by atomic mass is 10.1. The van der Waals surface area contributed by atoms with Gasteiger partial charge in [0, 0.05) is 18.3 Å². The SMILES string of the molecule is Cc1cccc(NCCCC(C)N(C)C)c1. The number of hydrogen-bond donors (Lipinski definition) is 1. The normalized spacial score (nSPS) is 12.8. The van der Waals surface area contributed by atoms with Gasteiger partial charge < -0.3 is 10.2 Å². The second-order valence-corrected chi connectivity index (χ2v) is 4.75. The highest BCUT2D eigenvalue weighted by atomic mass is 15.1. The van der Waals surface area contributed by atoms with Crippen molar-refractivity contribution in [2.24, 2.45) is 0 Å². The van der Waals surface area contributed by atoms with Crippen LogP contribution in [0.1, 0.15) is 25.3 Å². The Labute approximate surface area is 99.7 Å². The van der Waals surface area contributed by atoms with E-state index < -0.39 is 0 Å². The van der Waals surface area contributed by atoms with E-state index in [0.717, 1.165) is 6.54 Å². The van der Waals surface area contributed by atoms with Gasteiger partial charge in [-0.05, 0) is 58.5 Å². The minimum absolute atomic E-state index is 0.666. The summed E-state index contributed by atoms with van der Waals surface area (Å²) in [4.78, 5) is 2.27. The molecule has 0 saturated heterocycles. The summed E-state index contributed by atoms with van der Waals surface area (Å²) >= 11 is 0. The maximum absolute atomic E-state index is 3.46. The minimum atomic E-state index is 0.666. The average Bonchev–Trinajstić information content (AvgIpc) is 2.24. The van der Waals surface area contributed by atoms with Crippen molar-refractivity contribution in [3.05, 3.63) is 29.8 Å². The molecule has 0 saturated carbocycles. The summed E-state index contributed by atoms with van der Waals surface area (Å²) in [6.45, 7) is 5.45. The van der Waals surface area contributed by atoms with Crippen molar-refractivity contribution in [2.75, 3.05) is 26.0 Å². The Kier molecular flexibility index (Phi) is 5.33. The molecule has 90 valence electrons. The zero-order valence-corrected chi connectivity index (χ0v) is 11.0. The van der Waals surface area contributed by atoms with Crippen LogP contribution in [0.25, 0.3) is 0 Å². The number of benzene rings is 1. The number of anilines is 1. The van der Waals surface area contributed by atoms with E-state index in [4.69, 9.17) is 0 Å². The van der Waals surface area contributed by atoms with Crippen molar-refractivity contribution >= 4 is 5.69 Å². The third kappa shape index (κ3) is 4.67. The summed E-state index contributed by atoms with van der Waals surface area (Å²) in [6.07, 6.45) is 2.46.